The molecule has 0 amide bonds. The van der Waals surface area contributed by atoms with Gasteiger partial charge < -0.3 is 10.5 Å². The SMILES string of the molecule is CCOC(=O)[C@]1(N)[C@@H](c2ccc(Br)cc2)[C@@H]1S(=O)(=O)c1ccccc1. The van der Waals surface area contributed by atoms with Crippen molar-refractivity contribution in [2.75, 3.05) is 6.61 Å². The van der Waals surface area contributed by atoms with Crippen LogP contribution in [0.5, 0.6) is 0 Å². The first kappa shape index (κ1) is 18.1. The van der Waals surface area contributed by atoms with Gasteiger partial charge in [0, 0.05) is 10.4 Å². The maximum Gasteiger partial charge on any atom is 0.328 e. The van der Waals surface area contributed by atoms with Crippen molar-refractivity contribution in [2.24, 2.45) is 5.73 Å². The highest BCUT2D eigenvalue weighted by Gasteiger charge is 2.74. The Hall–Kier alpha value is -1.70. The van der Waals surface area contributed by atoms with Crippen molar-refractivity contribution in [3.8, 4) is 0 Å². The van der Waals surface area contributed by atoms with E-state index in [4.69, 9.17) is 10.5 Å². The van der Waals surface area contributed by atoms with Gasteiger partial charge in [-0.2, -0.15) is 0 Å². The molecule has 2 aromatic carbocycles. The molecule has 2 aromatic rings. The van der Waals surface area contributed by atoms with Gasteiger partial charge in [-0.1, -0.05) is 46.3 Å². The van der Waals surface area contributed by atoms with Crippen molar-refractivity contribution >= 4 is 31.7 Å². The van der Waals surface area contributed by atoms with Gasteiger partial charge in [-0.25, -0.2) is 13.2 Å². The van der Waals surface area contributed by atoms with Gasteiger partial charge in [-0.3, -0.25) is 0 Å². The van der Waals surface area contributed by atoms with Crippen LogP contribution in [0.1, 0.15) is 18.4 Å². The zero-order chi connectivity index (χ0) is 18.2. The second-order valence-corrected chi connectivity index (χ2v) is 8.95. The lowest BCUT2D eigenvalue weighted by Gasteiger charge is -2.11. The summed E-state index contributed by atoms with van der Waals surface area (Å²) in [6.45, 7) is 1.81. The van der Waals surface area contributed by atoms with E-state index < -0.39 is 32.5 Å². The number of sulfone groups is 1. The van der Waals surface area contributed by atoms with Crippen molar-refractivity contribution in [3.63, 3.8) is 0 Å². The minimum Gasteiger partial charge on any atom is -0.465 e. The van der Waals surface area contributed by atoms with Crippen LogP contribution in [0, 0.1) is 0 Å². The molecule has 1 saturated carbocycles. The molecule has 3 rings (SSSR count). The van der Waals surface area contributed by atoms with Gasteiger partial charge in [-0.05, 0) is 36.8 Å². The number of hydrogen-bond acceptors (Lipinski definition) is 5. The third-order valence-corrected chi connectivity index (χ3v) is 7.23. The van der Waals surface area contributed by atoms with Crippen LogP contribution in [0.2, 0.25) is 0 Å². The molecule has 0 bridgehead atoms. The van der Waals surface area contributed by atoms with Gasteiger partial charge in [0.25, 0.3) is 0 Å². The summed E-state index contributed by atoms with van der Waals surface area (Å²) in [4.78, 5) is 12.6. The third-order valence-electron chi connectivity index (χ3n) is 4.44. The van der Waals surface area contributed by atoms with Crippen molar-refractivity contribution in [3.05, 3.63) is 64.6 Å². The molecule has 2 N–H and O–H groups in total. The average molecular weight is 424 g/mol. The Balaban J connectivity index is 2.06. The molecule has 0 spiro atoms. The van der Waals surface area contributed by atoms with Gasteiger partial charge in [0.05, 0.1) is 11.5 Å². The fraction of sp³-hybridized carbons (Fsp3) is 0.278. The lowest BCUT2D eigenvalue weighted by Crippen LogP contribution is -2.41. The zero-order valence-corrected chi connectivity index (χ0v) is 16.0. The smallest absolute Gasteiger partial charge is 0.328 e. The number of esters is 1. The van der Waals surface area contributed by atoms with E-state index >= 15 is 0 Å². The number of nitrogens with two attached hydrogens (primary N) is 1. The maximum atomic E-state index is 13.1. The number of benzene rings is 2. The van der Waals surface area contributed by atoms with Crippen molar-refractivity contribution in [1.82, 2.24) is 0 Å². The van der Waals surface area contributed by atoms with Gasteiger partial charge >= 0.3 is 5.97 Å². The normalized spacial score (nSPS) is 25.4. The maximum absolute atomic E-state index is 13.1. The minimum atomic E-state index is -3.78. The number of hydrogen-bond donors (Lipinski definition) is 1. The van der Waals surface area contributed by atoms with E-state index in [-0.39, 0.29) is 11.5 Å². The molecule has 1 aliphatic carbocycles. The Morgan fingerprint density at radius 2 is 1.76 bits per heavy atom. The molecular formula is C18H18BrNO4S. The van der Waals surface area contributed by atoms with Crippen LogP contribution in [0.4, 0.5) is 0 Å². The summed E-state index contributed by atoms with van der Waals surface area (Å²) in [6.07, 6.45) is 0. The molecule has 1 fully saturated rings. The van der Waals surface area contributed by atoms with E-state index in [2.05, 4.69) is 15.9 Å². The Kier molecular flexibility index (Phi) is 4.74. The molecule has 0 saturated heterocycles. The van der Waals surface area contributed by atoms with E-state index in [1.54, 1.807) is 49.4 Å². The second-order valence-electron chi connectivity index (χ2n) is 5.96. The number of rotatable bonds is 5. The van der Waals surface area contributed by atoms with Crippen molar-refractivity contribution in [2.45, 2.75) is 28.5 Å². The Bertz CT molecular complexity index is 883. The lowest BCUT2D eigenvalue weighted by atomic mass is 10.1. The van der Waals surface area contributed by atoms with Crippen LogP contribution in [-0.2, 0) is 19.4 Å². The van der Waals surface area contributed by atoms with Crippen molar-refractivity contribution < 1.29 is 17.9 Å². The van der Waals surface area contributed by atoms with Gasteiger partial charge in [-0.15, -0.1) is 0 Å². The summed E-state index contributed by atoms with van der Waals surface area (Å²) >= 11 is 3.35. The second kappa shape index (κ2) is 6.55. The van der Waals surface area contributed by atoms with Crippen LogP contribution in [0.3, 0.4) is 0 Å². The quantitative estimate of drug-likeness (QED) is 0.746. The van der Waals surface area contributed by atoms with Gasteiger partial charge in [0.15, 0.2) is 9.84 Å². The summed E-state index contributed by atoms with van der Waals surface area (Å²) in [7, 11) is -3.78. The molecule has 3 atom stereocenters. The average Bonchev–Trinajstić information content (AvgIpc) is 3.25. The molecule has 25 heavy (non-hydrogen) atoms. The standard InChI is InChI=1S/C18H18BrNO4S/c1-2-24-17(21)18(20)15(12-8-10-13(19)11-9-12)16(18)25(22,23)14-6-4-3-5-7-14/h3-11,15-16H,2,20H2,1H3/t15-,16-,18-/m0/s1. The van der Waals surface area contributed by atoms with E-state index in [0.717, 1.165) is 4.47 Å². The molecule has 0 heterocycles. The fourth-order valence-electron chi connectivity index (χ4n) is 3.19. The molecule has 1 aliphatic rings. The summed E-state index contributed by atoms with van der Waals surface area (Å²) in [5.74, 6) is -1.34. The van der Waals surface area contributed by atoms with E-state index in [1.807, 2.05) is 0 Å². The highest BCUT2D eigenvalue weighted by atomic mass is 79.9. The van der Waals surface area contributed by atoms with E-state index in [9.17, 15) is 13.2 Å². The highest BCUT2D eigenvalue weighted by Crippen LogP contribution is 2.56. The first-order valence-electron chi connectivity index (χ1n) is 7.84. The van der Waals surface area contributed by atoms with Crippen LogP contribution in [0.15, 0.2) is 64.0 Å². The molecule has 0 aliphatic heterocycles. The van der Waals surface area contributed by atoms with Gasteiger partial charge in [0.2, 0.25) is 0 Å². The number of carbonyl (C=O) groups excluding carboxylic acids is 1. The number of carbonyl (C=O) groups is 1. The third kappa shape index (κ3) is 3.01. The van der Waals surface area contributed by atoms with Crippen LogP contribution in [0.25, 0.3) is 0 Å². The molecule has 5 nitrogen and oxygen atoms in total. The molecule has 0 radical (unpaired) electrons. The first-order valence-corrected chi connectivity index (χ1v) is 10.2. The molecule has 132 valence electrons. The molecule has 0 aromatic heterocycles. The minimum absolute atomic E-state index is 0.142. The Morgan fingerprint density at radius 3 is 2.32 bits per heavy atom. The Morgan fingerprint density at radius 1 is 1.16 bits per heavy atom. The highest BCUT2D eigenvalue weighted by molar-refractivity contribution is 9.10. The topological polar surface area (TPSA) is 86.5 Å². The van der Waals surface area contributed by atoms with E-state index in [0.29, 0.717) is 5.56 Å². The number of halogens is 1. The summed E-state index contributed by atoms with van der Waals surface area (Å²) in [5.41, 5.74) is 5.41. The monoisotopic (exact) mass is 423 g/mol. The van der Waals surface area contributed by atoms with Crippen LogP contribution < -0.4 is 5.73 Å². The Labute approximate surface area is 155 Å². The molecular weight excluding hydrogens is 406 g/mol. The number of ether oxygens (including phenoxy) is 1. The summed E-state index contributed by atoms with van der Waals surface area (Å²) < 4.78 is 32.1. The predicted molar refractivity (Wildman–Crippen MR) is 97.9 cm³/mol. The fourth-order valence-corrected chi connectivity index (χ4v) is 5.70. The molecule has 7 heteroatoms. The predicted octanol–water partition coefficient (Wildman–Crippen LogP) is 2.65. The first-order chi connectivity index (χ1) is 11.8. The zero-order valence-electron chi connectivity index (χ0n) is 13.6. The summed E-state index contributed by atoms with van der Waals surface area (Å²) in [5, 5.41) is -1.05. The van der Waals surface area contributed by atoms with E-state index in [1.165, 1.54) is 12.1 Å². The van der Waals surface area contributed by atoms with Crippen LogP contribution in [-0.4, -0.2) is 31.8 Å². The summed E-state index contributed by atoms with van der Waals surface area (Å²) in [6, 6.07) is 15.2. The van der Waals surface area contributed by atoms with Crippen molar-refractivity contribution in [1.29, 1.82) is 0 Å². The molecule has 0 unspecified atom stereocenters. The lowest BCUT2D eigenvalue weighted by molar-refractivity contribution is -0.145. The van der Waals surface area contributed by atoms with Crippen LogP contribution >= 0.6 is 15.9 Å². The van der Waals surface area contributed by atoms with Gasteiger partial charge in [0.1, 0.15) is 10.8 Å². The largest absolute Gasteiger partial charge is 0.465 e.